The summed E-state index contributed by atoms with van der Waals surface area (Å²) in [5.74, 6) is 5.53. The summed E-state index contributed by atoms with van der Waals surface area (Å²) in [5.41, 5.74) is 13.3. The van der Waals surface area contributed by atoms with E-state index in [9.17, 15) is 9.59 Å². The summed E-state index contributed by atoms with van der Waals surface area (Å²) in [6, 6.07) is 16.3. The van der Waals surface area contributed by atoms with Crippen LogP contribution in [0.15, 0.2) is 60.8 Å². The number of ether oxygens (including phenoxy) is 1. The van der Waals surface area contributed by atoms with Gasteiger partial charge in [-0.3, -0.25) is 4.79 Å². The minimum absolute atomic E-state index is 0.00186. The lowest BCUT2D eigenvalue weighted by molar-refractivity contribution is 0.1000. The molecule has 12 nitrogen and oxygen atoms in total. The van der Waals surface area contributed by atoms with Gasteiger partial charge in [0, 0.05) is 18.3 Å². The highest BCUT2D eigenvalue weighted by Crippen LogP contribution is 2.25. The molecule has 12 heteroatoms. The predicted octanol–water partition coefficient (Wildman–Crippen LogP) is 2.48. The number of carbonyl (C=O) groups is 2. The molecule has 3 aromatic rings. The summed E-state index contributed by atoms with van der Waals surface area (Å²) < 4.78 is 5.31. The molecular formula is C25H30N8O4. The monoisotopic (exact) mass is 506 g/mol. The summed E-state index contributed by atoms with van der Waals surface area (Å²) >= 11 is 0. The van der Waals surface area contributed by atoms with Gasteiger partial charge in [0.15, 0.2) is 0 Å². The number of amides is 2. The first kappa shape index (κ1) is 25.5. The number of aromatic nitrogens is 2. The predicted molar refractivity (Wildman–Crippen MR) is 138 cm³/mol. The minimum atomic E-state index is -0.678. The first-order chi connectivity index (χ1) is 17.9. The second kappa shape index (κ2) is 11.9. The maximum absolute atomic E-state index is 12.2. The Balaban J connectivity index is 1.32. The Hall–Kier alpha value is -4.58. The van der Waals surface area contributed by atoms with Gasteiger partial charge in [0.25, 0.3) is 5.91 Å². The van der Waals surface area contributed by atoms with Crippen LogP contribution in [0.4, 0.5) is 22.0 Å². The molecule has 2 aromatic carbocycles. The largest absolute Gasteiger partial charge is 0.445 e. The number of nitrogens with zero attached hydrogens (tertiary/aromatic N) is 3. The van der Waals surface area contributed by atoms with Crippen molar-refractivity contribution in [3.8, 4) is 6.01 Å². The fourth-order valence-corrected chi connectivity index (χ4v) is 4.03. The molecule has 194 valence electrons. The van der Waals surface area contributed by atoms with Crippen LogP contribution in [-0.4, -0.2) is 34.1 Å². The summed E-state index contributed by atoms with van der Waals surface area (Å²) in [5, 5.41) is 7.12. The van der Waals surface area contributed by atoms with Crippen molar-refractivity contribution in [2.24, 2.45) is 11.6 Å². The maximum atomic E-state index is 12.2. The van der Waals surface area contributed by atoms with Crippen molar-refractivity contribution in [2.75, 3.05) is 16.2 Å². The van der Waals surface area contributed by atoms with Gasteiger partial charge in [-0.25, -0.2) is 15.6 Å². The van der Waals surface area contributed by atoms with Crippen molar-refractivity contribution in [2.45, 2.75) is 44.4 Å². The number of alkyl carbamates (subject to hydrolysis) is 1. The number of nitrogens with one attached hydrogen (secondary N) is 2. The van der Waals surface area contributed by atoms with Gasteiger partial charge in [0.2, 0.25) is 0 Å². The third kappa shape index (κ3) is 6.98. The zero-order valence-corrected chi connectivity index (χ0v) is 20.2. The molecule has 0 atom stereocenters. The number of nitrogens with two attached hydrogens (primary N) is 3. The number of hydrazine groups is 1. The Morgan fingerprint density at radius 2 is 1.68 bits per heavy atom. The highest BCUT2D eigenvalue weighted by Gasteiger charge is 2.25. The minimum Gasteiger partial charge on any atom is -0.445 e. The number of rotatable bonds is 9. The molecular weight excluding hydrogens is 476 g/mol. The van der Waals surface area contributed by atoms with E-state index in [0.717, 1.165) is 36.4 Å². The molecule has 1 aliphatic carbocycles. The van der Waals surface area contributed by atoms with Crippen molar-refractivity contribution >= 4 is 29.2 Å². The average molecular weight is 507 g/mol. The molecule has 0 spiro atoms. The molecule has 1 heterocycles. The molecule has 0 radical (unpaired) electrons. The van der Waals surface area contributed by atoms with Gasteiger partial charge in [0.05, 0.1) is 5.69 Å². The van der Waals surface area contributed by atoms with Crippen molar-refractivity contribution in [1.82, 2.24) is 15.3 Å². The standard InChI is InChI=1S/C25H30N8O4/c26-20-8-4-5-9-21(20)33(28)37-24-29-14-19(22(27)34)23(32-24)30-17-10-12-18(13-11-17)31-25(35)36-15-16-6-2-1-3-7-16/h1-9,14,17-18H,10-13,15,26,28H2,(H2,27,34)(H,31,35)(H,29,30,32). The fourth-order valence-electron chi connectivity index (χ4n) is 4.03. The third-order valence-electron chi connectivity index (χ3n) is 5.99. The number of benzene rings is 2. The maximum Gasteiger partial charge on any atom is 0.407 e. The van der Waals surface area contributed by atoms with Crippen LogP contribution in [0, 0.1) is 0 Å². The molecule has 37 heavy (non-hydrogen) atoms. The van der Waals surface area contributed by atoms with E-state index in [-0.39, 0.29) is 36.1 Å². The number of anilines is 3. The lowest BCUT2D eigenvalue weighted by Crippen LogP contribution is -2.40. The van der Waals surface area contributed by atoms with Crippen LogP contribution < -0.4 is 38.0 Å². The van der Waals surface area contributed by atoms with Crippen molar-refractivity contribution < 1.29 is 19.2 Å². The van der Waals surface area contributed by atoms with Crippen LogP contribution >= 0.6 is 0 Å². The van der Waals surface area contributed by atoms with E-state index in [1.54, 1.807) is 24.3 Å². The Morgan fingerprint density at radius 1 is 1.00 bits per heavy atom. The molecule has 0 bridgehead atoms. The van der Waals surface area contributed by atoms with E-state index < -0.39 is 12.0 Å². The van der Waals surface area contributed by atoms with E-state index in [2.05, 4.69) is 20.6 Å². The van der Waals surface area contributed by atoms with Crippen LogP contribution in [0.1, 0.15) is 41.6 Å². The molecule has 0 saturated heterocycles. The second-order valence-electron chi connectivity index (χ2n) is 8.65. The molecule has 0 unspecified atom stereocenters. The van der Waals surface area contributed by atoms with E-state index >= 15 is 0 Å². The Morgan fingerprint density at radius 3 is 2.38 bits per heavy atom. The second-order valence-corrected chi connectivity index (χ2v) is 8.65. The smallest absolute Gasteiger partial charge is 0.407 e. The van der Waals surface area contributed by atoms with E-state index in [0.29, 0.717) is 11.4 Å². The zero-order valence-electron chi connectivity index (χ0n) is 20.2. The summed E-state index contributed by atoms with van der Waals surface area (Å²) in [6.45, 7) is 0.217. The zero-order chi connectivity index (χ0) is 26.2. The number of primary amides is 1. The molecule has 2 amide bonds. The van der Waals surface area contributed by atoms with Gasteiger partial charge >= 0.3 is 12.1 Å². The Bertz CT molecular complexity index is 1220. The number of nitrogen functional groups attached to an aromatic ring is 1. The van der Waals surface area contributed by atoms with Gasteiger partial charge in [-0.05, 0) is 43.4 Å². The molecule has 4 rings (SSSR count). The van der Waals surface area contributed by atoms with Crippen LogP contribution in [0.3, 0.4) is 0 Å². The van der Waals surface area contributed by atoms with Crippen molar-refractivity contribution in [1.29, 1.82) is 0 Å². The van der Waals surface area contributed by atoms with Crippen LogP contribution in [-0.2, 0) is 11.3 Å². The quantitative estimate of drug-likeness (QED) is 0.164. The molecule has 1 aromatic heterocycles. The molecule has 8 N–H and O–H groups in total. The summed E-state index contributed by atoms with van der Waals surface area (Å²) in [7, 11) is 0. The first-order valence-electron chi connectivity index (χ1n) is 11.9. The molecule has 1 aliphatic rings. The van der Waals surface area contributed by atoms with E-state index in [1.807, 2.05) is 30.3 Å². The first-order valence-corrected chi connectivity index (χ1v) is 11.9. The van der Waals surface area contributed by atoms with Gasteiger partial charge in [-0.2, -0.15) is 4.98 Å². The topological polar surface area (TPSA) is 184 Å². The van der Waals surface area contributed by atoms with Gasteiger partial charge in [-0.15, -0.1) is 5.17 Å². The number of carbonyl (C=O) groups excluding carboxylic acids is 2. The highest BCUT2D eigenvalue weighted by atomic mass is 16.7. The van der Waals surface area contributed by atoms with Gasteiger partial charge < -0.3 is 31.7 Å². The lowest BCUT2D eigenvalue weighted by atomic mass is 9.91. The lowest BCUT2D eigenvalue weighted by Gasteiger charge is -2.30. The van der Waals surface area contributed by atoms with Crippen molar-refractivity contribution in [3.63, 3.8) is 0 Å². The highest BCUT2D eigenvalue weighted by molar-refractivity contribution is 5.97. The SMILES string of the molecule is NC(=O)c1cnc(ON(N)c2ccccc2N)nc1NC1CCC(NC(=O)OCc2ccccc2)CC1. The normalized spacial score (nSPS) is 16.9. The fraction of sp³-hybridized carbons (Fsp3) is 0.280. The summed E-state index contributed by atoms with van der Waals surface area (Å²) in [6.07, 6.45) is 3.74. The van der Waals surface area contributed by atoms with Crippen molar-refractivity contribution in [3.05, 3.63) is 71.9 Å². The molecule has 1 saturated carbocycles. The number of hydrogen-bond acceptors (Lipinski definition) is 10. The third-order valence-corrected chi connectivity index (χ3v) is 5.99. The Kier molecular flexibility index (Phi) is 8.21. The van der Waals surface area contributed by atoms with Gasteiger partial charge in [0.1, 0.15) is 23.7 Å². The number of hydrogen-bond donors (Lipinski definition) is 5. The van der Waals surface area contributed by atoms with Crippen LogP contribution in [0.5, 0.6) is 6.01 Å². The molecule has 1 fully saturated rings. The van der Waals surface area contributed by atoms with Crippen LogP contribution in [0.25, 0.3) is 0 Å². The number of para-hydroxylation sites is 2. The van der Waals surface area contributed by atoms with E-state index in [4.69, 9.17) is 26.9 Å². The average Bonchev–Trinajstić information content (AvgIpc) is 2.89. The summed E-state index contributed by atoms with van der Waals surface area (Å²) in [4.78, 5) is 38.0. The Labute approximate surface area is 214 Å². The van der Waals surface area contributed by atoms with Gasteiger partial charge in [-0.1, -0.05) is 42.5 Å². The molecule has 0 aliphatic heterocycles. The van der Waals surface area contributed by atoms with Crippen LogP contribution in [0.2, 0.25) is 0 Å². The van der Waals surface area contributed by atoms with E-state index in [1.165, 1.54) is 6.20 Å².